The SMILES string of the molecule is CCCC/C=C\C/C=C\CCCCCCCC(=O)OC[C@H](COC(=O)CCCCCCC/C=C\CCCCCCCC)OC(=O)CCCCCCC/C=C\CCCCCCCC. The summed E-state index contributed by atoms with van der Waals surface area (Å²) in [5.41, 5.74) is 0. The molecule has 0 aliphatic heterocycles. The van der Waals surface area contributed by atoms with Gasteiger partial charge in [-0.25, -0.2) is 0 Å². The summed E-state index contributed by atoms with van der Waals surface area (Å²) in [4.78, 5) is 38.0. The van der Waals surface area contributed by atoms with Gasteiger partial charge in [0.1, 0.15) is 13.2 Å². The first-order valence-electron chi connectivity index (χ1n) is 26.6. The summed E-state index contributed by atoms with van der Waals surface area (Å²) < 4.78 is 16.8. The number of carbonyl (C=O) groups excluding carboxylic acids is 3. The van der Waals surface area contributed by atoms with Gasteiger partial charge in [-0.05, 0) is 96.3 Å². The molecule has 360 valence electrons. The van der Waals surface area contributed by atoms with Gasteiger partial charge in [0.2, 0.25) is 0 Å². The fourth-order valence-electron chi connectivity index (χ4n) is 7.45. The molecule has 0 aromatic heterocycles. The van der Waals surface area contributed by atoms with E-state index in [1.807, 2.05) is 0 Å². The maximum atomic E-state index is 12.8. The Labute approximate surface area is 384 Å². The molecule has 0 radical (unpaired) electrons. The summed E-state index contributed by atoms with van der Waals surface area (Å²) in [6, 6.07) is 0. The van der Waals surface area contributed by atoms with Crippen LogP contribution in [0.15, 0.2) is 48.6 Å². The highest BCUT2D eigenvalue weighted by Gasteiger charge is 2.19. The van der Waals surface area contributed by atoms with Crippen molar-refractivity contribution in [3.05, 3.63) is 48.6 Å². The first kappa shape index (κ1) is 59.4. The molecule has 6 heteroatoms. The number of carbonyl (C=O) groups is 3. The molecular formula is C56H100O6. The topological polar surface area (TPSA) is 78.9 Å². The Bertz CT molecular complexity index is 1090. The molecule has 0 bridgehead atoms. The average molecular weight is 869 g/mol. The van der Waals surface area contributed by atoms with Gasteiger partial charge in [-0.15, -0.1) is 0 Å². The van der Waals surface area contributed by atoms with E-state index in [4.69, 9.17) is 14.2 Å². The Morgan fingerprint density at radius 3 is 0.952 bits per heavy atom. The van der Waals surface area contributed by atoms with Gasteiger partial charge in [0.25, 0.3) is 0 Å². The number of hydrogen-bond donors (Lipinski definition) is 0. The second-order valence-corrected chi connectivity index (χ2v) is 17.8. The molecule has 0 fully saturated rings. The molecule has 1 atom stereocenters. The maximum absolute atomic E-state index is 12.8. The van der Waals surface area contributed by atoms with E-state index in [0.29, 0.717) is 19.3 Å². The van der Waals surface area contributed by atoms with Crippen molar-refractivity contribution in [2.45, 2.75) is 277 Å². The summed E-state index contributed by atoms with van der Waals surface area (Å²) in [7, 11) is 0. The smallest absolute Gasteiger partial charge is 0.306 e. The summed E-state index contributed by atoms with van der Waals surface area (Å²) in [5.74, 6) is -0.907. The average Bonchev–Trinajstić information content (AvgIpc) is 3.27. The van der Waals surface area contributed by atoms with Crippen LogP contribution in [0.4, 0.5) is 0 Å². The lowest BCUT2D eigenvalue weighted by Gasteiger charge is -2.18. The van der Waals surface area contributed by atoms with Crippen molar-refractivity contribution < 1.29 is 28.6 Å². The Hall–Kier alpha value is -2.63. The van der Waals surface area contributed by atoms with Gasteiger partial charge in [0.05, 0.1) is 0 Å². The monoisotopic (exact) mass is 869 g/mol. The van der Waals surface area contributed by atoms with Crippen LogP contribution in [0, 0.1) is 0 Å². The van der Waals surface area contributed by atoms with Crippen LogP contribution in [0.3, 0.4) is 0 Å². The van der Waals surface area contributed by atoms with E-state index in [1.54, 1.807) is 0 Å². The van der Waals surface area contributed by atoms with Crippen molar-refractivity contribution >= 4 is 17.9 Å². The van der Waals surface area contributed by atoms with E-state index in [9.17, 15) is 14.4 Å². The molecule has 0 spiro atoms. The summed E-state index contributed by atoms with van der Waals surface area (Å²) in [6.07, 6.45) is 60.9. The number of allylic oxidation sites excluding steroid dienone is 8. The highest BCUT2D eigenvalue weighted by molar-refractivity contribution is 5.71. The fourth-order valence-corrected chi connectivity index (χ4v) is 7.45. The van der Waals surface area contributed by atoms with Crippen LogP contribution in [0.5, 0.6) is 0 Å². The molecule has 6 nitrogen and oxygen atoms in total. The van der Waals surface area contributed by atoms with Gasteiger partial charge in [-0.2, -0.15) is 0 Å². The van der Waals surface area contributed by atoms with Crippen LogP contribution in [0.2, 0.25) is 0 Å². The molecule has 0 aliphatic rings. The molecule has 0 unspecified atom stereocenters. The standard InChI is InChI=1S/C56H100O6/c1-4-7-10-13-16-19-22-25-28-31-34-37-40-43-46-49-55(58)61-52-53(51-60-54(57)48-45-42-39-36-33-30-27-24-21-18-15-12-9-6-3)62-56(59)50-47-44-41-38-35-32-29-26-23-20-17-14-11-8-5-2/h15,18,24-29,53H,4-14,16-17,19-23,30-52H2,1-3H3/b18-15-,27-24-,28-25-,29-26-/t53-/m1/s1. The van der Waals surface area contributed by atoms with Crippen LogP contribution >= 0.6 is 0 Å². The van der Waals surface area contributed by atoms with E-state index in [1.165, 1.54) is 135 Å². The van der Waals surface area contributed by atoms with Crippen molar-refractivity contribution in [3.63, 3.8) is 0 Å². The number of rotatable bonds is 48. The number of unbranched alkanes of at least 4 members (excludes halogenated alkanes) is 29. The molecule has 0 aromatic rings. The van der Waals surface area contributed by atoms with Gasteiger partial charge in [-0.1, -0.05) is 204 Å². The number of hydrogen-bond acceptors (Lipinski definition) is 6. The Morgan fingerprint density at radius 2 is 0.597 bits per heavy atom. The minimum atomic E-state index is -0.785. The zero-order valence-corrected chi connectivity index (χ0v) is 41.1. The van der Waals surface area contributed by atoms with Gasteiger partial charge in [0.15, 0.2) is 6.10 Å². The van der Waals surface area contributed by atoms with Crippen molar-refractivity contribution in [1.82, 2.24) is 0 Å². The zero-order chi connectivity index (χ0) is 45.1. The Morgan fingerprint density at radius 1 is 0.323 bits per heavy atom. The van der Waals surface area contributed by atoms with E-state index in [-0.39, 0.29) is 31.1 Å². The Balaban J connectivity index is 4.41. The van der Waals surface area contributed by atoms with Crippen molar-refractivity contribution in [2.75, 3.05) is 13.2 Å². The molecule has 0 N–H and O–H groups in total. The van der Waals surface area contributed by atoms with Crippen LogP contribution in [0.1, 0.15) is 271 Å². The van der Waals surface area contributed by atoms with Crippen LogP contribution < -0.4 is 0 Å². The van der Waals surface area contributed by atoms with E-state index in [0.717, 1.165) is 96.3 Å². The van der Waals surface area contributed by atoms with E-state index < -0.39 is 6.10 Å². The lowest BCUT2D eigenvalue weighted by molar-refractivity contribution is -0.167. The predicted octanol–water partition coefficient (Wildman–Crippen LogP) is 17.5. The molecule has 0 amide bonds. The molecule has 62 heavy (non-hydrogen) atoms. The highest BCUT2D eigenvalue weighted by Crippen LogP contribution is 2.14. The quantitative estimate of drug-likeness (QED) is 0.0262. The molecule has 0 saturated carbocycles. The molecule has 0 rings (SSSR count). The number of esters is 3. The lowest BCUT2D eigenvalue weighted by atomic mass is 10.1. The Kier molecular flexibility index (Phi) is 48.8. The van der Waals surface area contributed by atoms with Crippen LogP contribution in [0.25, 0.3) is 0 Å². The van der Waals surface area contributed by atoms with E-state index >= 15 is 0 Å². The largest absolute Gasteiger partial charge is 0.462 e. The molecule has 0 saturated heterocycles. The number of ether oxygens (including phenoxy) is 3. The van der Waals surface area contributed by atoms with Crippen LogP contribution in [-0.4, -0.2) is 37.2 Å². The van der Waals surface area contributed by atoms with Gasteiger partial charge in [-0.3, -0.25) is 14.4 Å². The van der Waals surface area contributed by atoms with Crippen molar-refractivity contribution in [1.29, 1.82) is 0 Å². The third-order valence-electron chi connectivity index (χ3n) is 11.5. The first-order valence-corrected chi connectivity index (χ1v) is 26.6. The lowest BCUT2D eigenvalue weighted by Crippen LogP contribution is -2.30. The van der Waals surface area contributed by atoms with Gasteiger partial charge >= 0.3 is 17.9 Å². The predicted molar refractivity (Wildman–Crippen MR) is 265 cm³/mol. The second kappa shape index (κ2) is 51.0. The third kappa shape index (κ3) is 48.4. The fraction of sp³-hybridized carbons (Fsp3) is 0.804. The minimum absolute atomic E-state index is 0.0844. The van der Waals surface area contributed by atoms with E-state index in [2.05, 4.69) is 69.4 Å². The van der Waals surface area contributed by atoms with Gasteiger partial charge < -0.3 is 14.2 Å². The molecule has 0 aromatic carbocycles. The van der Waals surface area contributed by atoms with Crippen molar-refractivity contribution in [2.24, 2.45) is 0 Å². The maximum Gasteiger partial charge on any atom is 0.306 e. The molecular weight excluding hydrogens is 769 g/mol. The molecule has 0 heterocycles. The zero-order valence-electron chi connectivity index (χ0n) is 41.1. The van der Waals surface area contributed by atoms with Gasteiger partial charge in [0, 0.05) is 19.3 Å². The van der Waals surface area contributed by atoms with Crippen molar-refractivity contribution in [3.8, 4) is 0 Å². The normalized spacial score (nSPS) is 12.4. The molecule has 0 aliphatic carbocycles. The summed E-state index contributed by atoms with van der Waals surface area (Å²) in [5, 5.41) is 0. The first-order chi connectivity index (χ1) is 30.5. The summed E-state index contributed by atoms with van der Waals surface area (Å²) in [6.45, 7) is 6.58. The highest BCUT2D eigenvalue weighted by atomic mass is 16.6. The third-order valence-corrected chi connectivity index (χ3v) is 11.5. The minimum Gasteiger partial charge on any atom is -0.462 e. The summed E-state index contributed by atoms with van der Waals surface area (Å²) >= 11 is 0. The second-order valence-electron chi connectivity index (χ2n) is 17.8. The van der Waals surface area contributed by atoms with Crippen LogP contribution in [-0.2, 0) is 28.6 Å².